The standard InChI is InChI=1S/C19H18ClN5O2S/c1-2-5-18-22-23-19(28-13-14-8-10-16(20)11-9-14)24(18)21-12-15-6-3-4-7-17(15)25(26)27/h3-4,6-12H,2,5,13H2,1H3/b21-12-. The van der Waals surface area contributed by atoms with Crippen molar-refractivity contribution in [3.8, 4) is 0 Å². The fraction of sp³-hybridized carbons (Fsp3) is 0.211. The zero-order chi connectivity index (χ0) is 19.9. The highest BCUT2D eigenvalue weighted by Gasteiger charge is 2.14. The van der Waals surface area contributed by atoms with E-state index in [1.165, 1.54) is 24.0 Å². The summed E-state index contributed by atoms with van der Waals surface area (Å²) in [6.07, 6.45) is 3.08. The molecule has 0 radical (unpaired) electrons. The zero-order valence-electron chi connectivity index (χ0n) is 15.2. The summed E-state index contributed by atoms with van der Waals surface area (Å²) in [4.78, 5) is 10.8. The summed E-state index contributed by atoms with van der Waals surface area (Å²) in [6, 6.07) is 14.1. The van der Waals surface area contributed by atoms with Gasteiger partial charge in [-0.1, -0.05) is 54.6 Å². The van der Waals surface area contributed by atoms with Crippen molar-refractivity contribution in [2.75, 3.05) is 0 Å². The molecule has 0 spiro atoms. The quantitative estimate of drug-likeness (QED) is 0.224. The van der Waals surface area contributed by atoms with Crippen LogP contribution in [0.25, 0.3) is 0 Å². The van der Waals surface area contributed by atoms with E-state index in [-0.39, 0.29) is 5.69 Å². The highest BCUT2D eigenvalue weighted by Crippen LogP contribution is 2.24. The summed E-state index contributed by atoms with van der Waals surface area (Å²) in [5.41, 5.74) is 1.53. The van der Waals surface area contributed by atoms with Gasteiger partial charge < -0.3 is 0 Å². The summed E-state index contributed by atoms with van der Waals surface area (Å²) >= 11 is 7.42. The number of rotatable bonds is 8. The number of nitrogens with zero attached hydrogens (tertiary/aromatic N) is 5. The van der Waals surface area contributed by atoms with Crippen LogP contribution in [-0.4, -0.2) is 26.0 Å². The molecule has 0 aliphatic heterocycles. The number of halogens is 1. The number of aryl methyl sites for hydroxylation is 1. The largest absolute Gasteiger partial charge is 0.278 e. The van der Waals surface area contributed by atoms with Gasteiger partial charge in [-0.15, -0.1) is 10.2 Å². The van der Waals surface area contributed by atoms with Crippen LogP contribution < -0.4 is 0 Å². The molecule has 9 heteroatoms. The molecule has 3 aromatic rings. The minimum Gasteiger partial charge on any atom is -0.258 e. The van der Waals surface area contributed by atoms with E-state index < -0.39 is 4.92 Å². The Hall–Kier alpha value is -2.71. The molecule has 7 nitrogen and oxygen atoms in total. The highest BCUT2D eigenvalue weighted by atomic mass is 35.5. The van der Waals surface area contributed by atoms with Crippen molar-refractivity contribution in [2.45, 2.75) is 30.7 Å². The second-order valence-electron chi connectivity index (χ2n) is 5.94. The number of thioether (sulfide) groups is 1. The van der Waals surface area contributed by atoms with Gasteiger partial charge >= 0.3 is 0 Å². The van der Waals surface area contributed by atoms with Gasteiger partial charge in [0.2, 0.25) is 5.16 Å². The van der Waals surface area contributed by atoms with Crippen LogP contribution in [-0.2, 0) is 12.2 Å². The van der Waals surface area contributed by atoms with Gasteiger partial charge in [0.1, 0.15) is 0 Å². The van der Waals surface area contributed by atoms with Crippen molar-refractivity contribution in [3.63, 3.8) is 0 Å². The molecule has 1 aromatic heterocycles. The van der Waals surface area contributed by atoms with E-state index in [2.05, 4.69) is 15.3 Å². The zero-order valence-corrected chi connectivity index (χ0v) is 16.7. The topological polar surface area (TPSA) is 86.2 Å². The summed E-state index contributed by atoms with van der Waals surface area (Å²) in [5, 5.41) is 25.4. The molecule has 0 fully saturated rings. The Balaban J connectivity index is 1.85. The van der Waals surface area contributed by atoms with Crippen LogP contribution in [0, 0.1) is 10.1 Å². The summed E-state index contributed by atoms with van der Waals surface area (Å²) in [6.45, 7) is 2.05. The van der Waals surface area contributed by atoms with Crippen LogP contribution >= 0.6 is 23.4 Å². The predicted molar refractivity (Wildman–Crippen MR) is 111 cm³/mol. The van der Waals surface area contributed by atoms with Crippen LogP contribution in [0.1, 0.15) is 30.3 Å². The fourth-order valence-electron chi connectivity index (χ4n) is 2.49. The average molecular weight is 416 g/mol. The fourth-order valence-corrected chi connectivity index (χ4v) is 3.48. The Labute approximate surface area is 171 Å². The molecule has 0 aliphatic carbocycles. The van der Waals surface area contributed by atoms with Gasteiger partial charge in [0.05, 0.1) is 16.7 Å². The molecule has 28 heavy (non-hydrogen) atoms. The normalized spacial score (nSPS) is 11.2. The summed E-state index contributed by atoms with van der Waals surface area (Å²) in [5.74, 6) is 1.40. The molecule has 3 rings (SSSR count). The number of nitro groups is 1. The highest BCUT2D eigenvalue weighted by molar-refractivity contribution is 7.98. The first-order valence-electron chi connectivity index (χ1n) is 8.67. The molecule has 0 atom stereocenters. The third-order valence-electron chi connectivity index (χ3n) is 3.88. The van der Waals surface area contributed by atoms with Gasteiger partial charge in [0.15, 0.2) is 5.82 Å². The van der Waals surface area contributed by atoms with E-state index in [0.717, 1.165) is 17.8 Å². The molecule has 0 amide bonds. The van der Waals surface area contributed by atoms with Crippen LogP contribution in [0.15, 0.2) is 58.8 Å². The molecule has 0 unspecified atom stereocenters. The molecule has 0 bridgehead atoms. The van der Waals surface area contributed by atoms with E-state index in [9.17, 15) is 10.1 Å². The summed E-state index contributed by atoms with van der Waals surface area (Å²) < 4.78 is 1.65. The average Bonchev–Trinajstić information content (AvgIpc) is 3.08. The Morgan fingerprint density at radius 3 is 2.68 bits per heavy atom. The van der Waals surface area contributed by atoms with Gasteiger partial charge in [-0.25, -0.2) is 0 Å². The molecular formula is C19H18ClN5O2S. The van der Waals surface area contributed by atoms with E-state index >= 15 is 0 Å². The Morgan fingerprint density at radius 2 is 1.96 bits per heavy atom. The van der Waals surface area contributed by atoms with Crippen molar-refractivity contribution in [1.29, 1.82) is 0 Å². The van der Waals surface area contributed by atoms with Crippen LogP contribution in [0.2, 0.25) is 5.02 Å². The lowest BCUT2D eigenvalue weighted by molar-refractivity contribution is -0.385. The first kappa shape index (κ1) is 20.0. The maximum absolute atomic E-state index is 11.2. The lowest BCUT2D eigenvalue weighted by atomic mass is 10.2. The van der Waals surface area contributed by atoms with Gasteiger partial charge in [-0.05, 0) is 30.2 Å². The Bertz CT molecular complexity index is 988. The lowest BCUT2D eigenvalue weighted by Gasteiger charge is -2.04. The van der Waals surface area contributed by atoms with Gasteiger partial charge in [-0.2, -0.15) is 9.78 Å². The maximum atomic E-state index is 11.2. The molecule has 1 heterocycles. The van der Waals surface area contributed by atoms with Gasteiger partial charge in [0.25, 0.3) is 5.69 Å². The number of hydrogen-bond acceptors (Lipinski definition) is 6. The molecule has 0 N–H and O–H groups in total. The van der Waals surface area contributed by atoms with Crippen molar-refractivity contribution in [2.24, 2.45) is 5.10 Å². The van der Waals surface area contributed by atoms with E-state index in [0.29, 0.717) is 27.9 Å². The van der Waals surface area contributed by atoms with Crippen LogP contribution in [0.3, 0.4) is 0 Å². The maximum Gasteiger partial charge on any atom is 0.278 e. The first-order chi connectivity index (χ1) is 13.6. The number of nitro benzene ring substituents is 1. The number of benzene rings is 2. The Kier molecular flexibility index (Phi) is 6.78. The minimum atomic E-state index is -0.420. The van der Waals surface area contributed by atoms with Crippen molar-refractivity contribution in [3.05, 3.63) is 80.6 Å². The lowest BCUT2D eigenvalue weighted by Crippen LogP contribution is -2.01. The van der Waals surface area contributed by atoms with Crippen LogP contribution in [0.5, 0.6) is 0 Å². The van der Waals surface area contributed by atoms with Crippen molar-refractivity contribution < 1.29 is 4.92 Å². The SMILES string of the molecule is CCCc1nnc(SCc2ccc(Cl)cc2)n1/N=C\c1ccccc1[N+](=O)[O-]. The Morgan fingerprint density at radius 1 is 1.21 bits per heavy atom. The third kappa shape index (κ3) is 4.96. The monoisotopic (exact) mass is 415 g/mol. The second kappa shape index (κ2) is 9.48. The molecule has 0 saturated carbocycles. The third-order valence-corrected chi connectivity index (χ3v) is 5.12. The van der Waals surface area contributed by atoms with Gasteiger partial charge in [-0.3, -0.25) is 10.1 Å². The second-order valence-corrected chi connectivity index (χ2v) is 7.32. The number of para-hydroxylation sites is 1. The molecule has 0 saturated heterocycles. The molecule has 2 aromatic carbocycles. The molecule has 144 valence electrons. The smallest absolute Gasteiger partial charge is 0.258 e. The predicted octanol–water partition coefficient (Wildman–Crippen LogP) is 4.97. The minimum absolute atomic E-state index is 0.00623. The molecular weight excluding hydrogens is 398 g/mol. The van der Waals surface area contributed by atoms with Gasteiger partial charge in [0, 0.05) is 23.3 Å². The van der Waals surface area contributed by atoms with Crippen molar-refractivity contribution >= 4 is 35.3 Å². The number of aromatic nitrogens is 3. The van der Waals surface area contributed by atoms with E-state index in [1.807, 2.05) is 31.2 Å². The number of hydrogen-bond donors (Lipinski definition) is 0. The molecule has 0 aliphatic rings. The van der Waals surface area contributed by atoms with Crippen molar-refractivity contribution in [1.82, 2.24) is 14.9 Å². The first-order valence-corrected chi connectivity index (χ1v) is 10.0. The van der Waals surface area contributed by atoms with E-state index in [1.54, 1.807) is 22.9 Å². The van der Waals surface area contributed by atoms with Crippen LogP contribution in [0.4, 0.5) is 5.69 Å². The van der Waals surface area contributed by atoms with E-state index in [4.69, 9.17) is 11.6 Å². The summed E-state index contributed by atoms with van der Waals surface area (Å²) in [7, 11) is 0.